The van der Waals surface area contributed by atoms with Crippen molar-refractivity contribution in [1.82, 2.24) is 4.90 Å². The zero-order valence-electron chi connectivity index (χ0n) is 10.2. The lowest BCUT2D eigenvalue weighted by atomic mass is 10.1. The molecule has 1 amide bonds. The summed E-state index contributed by atoms with van der Waals surface area (Å²) in [4.78, 5) is 13.3. The van der Waals surface area contributed by atoms with Crippen LogP contribution in [0.2, 0.25) is 0 Å². The molecule has 0 radical (unpaired) electrons. The van der Waals surface area contributed by atoms with Crippen molar-refractivity contribution in [2.24, 2.45) is 0 Å². The molecule has 0 bridgehead atoms. The smallest absolute Gasteiger partial charge is 0.253 e. The summed E-state index contributed by atoms with van der Waals surface area (Å²) in [6.45, 7) is 1.91. The van der Waals surface area contributed by atoms with Crippen LogP contribution in [0.3, 0.4) is 0 Å². The molecule has 0 atom stereocenters. The standard InChI is InChI=1S/C14H15NO2/c1-10-4-9-13(17-10)11-5-7-12(8-6-11)14(16)15(2)3/h4-9H,1-3H3. The normalized spacial score (nSPS) is 10.3. The van der Waals surface area contributed by atoms with Gasteiger partial charge in [0.2, 0.25) is 0 Å². The van der Waals surface area contributed by atoms with Crippen molar-refractivity contribution in [2.45, 2.75) is 6.92 Å². The summed E-state index contributed by atoms with van der Waals surface area (Å²) < 4.78 is 5.52. The number of carbonyl (C=O) groups excluding carboxylic acids is 1. The van der Waals surface area contributed by atoms with Gasteiger partial charge < -0.3 is 9.32 Å². The van der Waals surface area contributed by atoms with E-state index >= 15 is 0 Å². The Morgan fingerprint density at radius 3 is 2.18 bits per heavy atom. The highest BCUT2D eigenvalue weighted by Crippen LogP contribution is 2.22. The van der Waals surface area contributed by atoms with Crippen molar-refractivity contribution in [2.75, 3.05) is 14.1 Å². The van der Waals surface area contributed by atoms with Gasteiger partial charge in [-0.25, -0.2) is 0 Å². The van der Waals surface area contributed by atoms with Crippen molar-refractivity contribution in [3.63, 3.8) is 0 Å². The number of hydrogen-bond acceptors (Lipinski definition) is 2. The van der Waals surface area contributed by atoms with Crippen LogP contribution in [-0.2, 0) is 0 Å². The lowest BCUT2D eigenvalue weighted by Crippen LogP contribution is -2.21. The first kappa shape index (κ1) is 11.5. The third-order valence-corrected chi connectivity index (χ3v) is 2.56. The number of rotatable bonds is 2. The van der Waals surface area contributed by atoms with Gasteiger partial charge in [-0.2, -0.15) is 0 Å². The summed E-state index contributed by atoms with van der Waals surface area (Å²) in [5.74, 6) is 1.71. The van der Waals surface area contributed by atoms with Crippen molar-refractivity contribution in [1.29, 1.82) is 0 Å². The van der Waals surface area contributed by atoms with Gasteiger partial charge in [-0.05, 0) is 31.2 Å². The predicted molar refractivity (Wildman–Crippen MR) is 66.9 cm³/mol. The summed E-state index contributed by atoms with van der Waals surface area (Å²) >= 11 is 0. The maximum absolute atomic E-state index is 11.7. The number of hydrogen-bond donors (Lipinski definition) is 0. The average Bonchev–Trinajstić information content (AvgIpc) is 2.75. The number of nitrogens with zero attached hydrogens (tertiary/aromatic N) is 1. The molecule has 0 aliphatic carbocycles. The summed E-state index contributed by atoms with van der Waals surface area (Å²) in [6.07, 6.45) is 0. The van der Waals surface area contributed by atoms with E-state index in [0.29, 0.717) is 5.56 Å². The molecule has 0 saturated carbocycles. The van der Waals surface area contributed by atoms with E-state index in [1.54, 1.807) is 19.0 Å². The Kier molecular flexibility index (Phi) is 3.00. The topological polar surface area (TPSA) is 33.5 Å². The van der Waals surface area contributed by atoms with Crippen LogP contribution in [-0.4, -0.2) is 24.9 Å². The molecule has 3 nitrogen and oxygen atoms in total. The van der Waals surface area contributed by atoms with E-state index in [9.17, 15) is 4.79 Å². The van der Waals surface area contributed by atoms with Gasteiger partial charge in [0.15, 0.2) is 0 Å². The average molecular weight is 229 g/mol. The molecule has 1 heterocycles. The molecular weight excluding hydrogens is 214 g/mol. The number of benzene rings is 1. The molecular formula is C14H15NO2. The van der Waals surface area contributed by atoms with Crippen molar-refractivity contribution in [3.8, 4) is 11.3 Å². The van der Waals surface area contributed by atoms with Crippen LogP contribution >= 0.6 is 0 Å². The van der Waals surface area contributed by atoms with Crippen molar-refractivity contribution in [3.05, 3.63) is 47.7 Å². The second kappa shape index (κ2) is 4.45. The minimum Gasteiger partial charge on any atom is -0.461 e. The van der Waals surface area contributed by atoms with Gasteiger partial charge in [0.25, 0.3) is 5.91 Å². The van der Waals surface area contributed by atoms with Crippen LogP contribution in [0.15, 0.2) is 40.8 Å². The van der Waals surface area contributed by atoms with Crippen LogP contribution in [0.1, 0.15) is 16.1 Å². The molecule has 0 spiro atoms. The summed E-state index contributed by atoms with van der Waals surface area (Å²) in [5, 5.41) is 0. The van der Waals surface area contributed by atoms with Crippen LogP contribution in [0.4, 0.5) is 0 Å². The maximum atomic E-state index is 11.7. The maximum Gasteiger partial charge on any atom is 0.253 e. The third kappa shape index (κ3) is 2.38. The molecule has 88 valence electrons. The fourth-order valence-electron chi connectivity index (χ4n) is 1.62. The minimum absolute atomic E-state index is 0.00664. The van der Waals surface area contributed by atoms with Gasteiger partial charge >= 0.3 is 0 Å². The van der Waals surface area contributed by atoms with E-state index in [-0.39, 0.29) is 5.91 Å². The van der Waals surface area contributed by atoms with Crippen molar-refractivity contribution >= 4 is 5.91 Å². The fourth-order valence-corrected chi connectivity index (χ4v) is 1.62. The zero-order chi connectivity index (χ0) is 12.4. The molecule has 17 heavy (non-hydrogen) atoms. The first-order chi connectivity index (χ1) is 8.08. The van der Waals surface area contributed by atoms with Crippen LogP contribution in [0.25, 0.3) is 11.3 Å². The monoisotopic (exact) mass is 229 g/mol. The molecule has 3 heteroatoms. The van der Waals surface area contributed by atoms with E-state index in [1.807, 2.05) is 43.3 Å². The van der Waals surface area contributed by atoms with E-state index in [4.69, 9.17) is 4.42 Å². The largest absolute Gasteiger partial charge is 0.461 e. The predicted octanol–water partition coefficient (Wildman–Crippen LogP) is 2.96. The Morgan fingerprint density at radius 1 is 1.06 bits per heavy atom. The lowest BCUT2D eigenvalue weighted by Gasteiger charge is -2.10. The minimum atomic E-state index is 0.00664. The van der Waals surface area contributed by atoms with Gasteiger partial charge in [-0.15, -0.1) is 0 Å². The summed E-state index contributed by atoms with van der Waals surface area (Å²) in [5.41, 5.74) is 1.66. The molecule has 1 aromatic carbocycles. The molecule has 2 aromatic rings. The van der Waals surface area contributed by atoms with Gasteiger partial charge in [-0.1, -0.05) is 12.1 Å². The fraction of sp³-hybridized carbons (Fsp3) is 0.214. The number of amides is 1. The van der Waals surface area contributed by atoms with Crippen LogP contribution < -0.4 is 0 Å². The van der Waals surface area contributed by atoms with Crippen LogP contribution in [0, 0.1) is 6.92 Å². The number of aryl methyl sites for hydroxylation is 1. The van der Waals surface area contributed by atoms with E-state index < -0.39 is 0 Å². The van der Waals surface area contributed by atoms with Gasteiger partial charge in [0.05, 0.1) is 0 Å². The van der Waals surface area contributed by atoms with Gasteiger partial charge in [-0.3, -0.25) is 4.79 Å². The molecule has 0 aliphatic rings. The quantitative estimate of drug-likeness (QED) is 0.793. The highest BCUT2D eigenvalue weighted by Gasteiger charge is 2.08. The Hall–Kier alpha value is -2.03. The summed E-state index contributed by atoms with van der Waals surface area (Å²) in [7, 11) is 3.48. The van der Waals surface area contributed by atoms with Gasteiger partial charge in [0, 0.05) is 25.2 Å². The Morgan fingerprint density at radius 2 is 1.71 bits per heavy atom. The van der Waals surface area contributed by atoms with Gasteiger partial charge in [0.1, 0.15) is 11.5 Å². The molecule has 0 fully saturated rings. The van der Waals surface area contributed by atoms with E-state index in [2.05, 4.69) is 0 Å². The Balaban J connectivity index is 2.27. The molecule has 0 saturated heterocycles. The molecule has 1 aromatic heterocycles. The molecule has 0 unspecified atom stereocenters. The SMILES string of the molecule is Cc1ccc(-c2ccc(C(=O)N(C)C)cc2)o1. The second-order valence-corrected chi connectivity index (χ2v) is 4.19. The van der Waals surface area contributed by atoms with E-state index in [0.717, 1.165) is 17.1 Å². The molecule has 0 aliphatic heterocycles. The summed E-state index contributed by atoms with van der Waals surface area (Å²) in [6, 6.07) is 11.3. The Labute approximate surface area is 101 Å². The van der Waals surface area contributed by atoms with Crippen molar-refractivity contribution < 1.29 is 9.21 Å². The first-order valence-electron chi connectivity index (χ1n) is 5.46. The number of furan rings is 1. The second-order valence-electron chi connectivity index (χ2n) is 4.19. The molecule has 2 rings (SSSR count). The highest BCUT2D eigenvalue weighted by atomic mass is 16.3. The third-order valence-electron chi connectivity index (χ3n) is 2.56. The number of carbonyl (C=O) groups is 1. The molecule has 0 N–H and O–H groups in total. The lowest BCUT2D eigenvalue weighted by molar-refractivity contribution is 0.0827. The highest BCUT2D eigenvalue weighted by molar-refractivity contribution is 5.94. The first-order valence-corrected chi connectivity index (χ1v) is 5.46. The zero-order valence-corrected chi connectivity index (χ0v) is 10.2. The van der Waals surface area contributed by atoms with E-state index in [1.165, 1.54) is 0 Å². The van der Waals surface area contributed by atoms with Crippen LogP contribution in [0.5, 0.6) is 0 Å². The Bertz CT molecular complexity index is 523.